The van der Waals surface area contributed by atoms with Gasteiger partial charge in [-0.05, 0) is 31.0 Å². The molecule has 160 valence electrons. The lowest BCUT2D eigenvalue weighted by molar-refractivity contribution is -0.132. The molecule has 0 atom stereocenters. The van der Waals surface area contributed by atoms with Crippen LogP contribution in [0.15, 0.2) is 29.3 Å². The smallest absolute Gasteiger partial charge is 0.356 e. The third-order valence-electron chi connectivity index (χ3n) is 5.11. The molecule has 0 bridgehead atoms. The summed E-state index contributed by atoms with van der Waals surface area (Å²) in [5.41, 5.74) is 2.38. The van der Waals surface area contributed by atoms with E-state index in [2.05, 4.69) is 39.7 Å². The summed E-state index contributed by atoms with van der Waals surface area (Å²) < 4.78 is 36.9. The Morgan fingerprint density at radius 2 is 1.75 bits per heavy atom. The summed E-state index contributed by atoms with van der Waals surface area (Å²) >= 11 is 0. The fourth-order valence-electron chi connectivity index (χ4n) is 3.53. The number of benzene rings is 1. The highest BCUT2D eigenvalue weighted by Crippen LogP contribution is 2.23. The molecule has 0 saturated heterocycles. The molecule has 1 fully saturated rings. The van der Waals surface area contributed by atoms with Crippen molar-refractivity contribution in [1.82, 2.24) is 15.5 Å². The van der Waals surface area contributed by atoms with E-state index in [0.717, 1.165) is 12.1 Å². The van der Waals surface area contributed by atoms with Crippen LogP contribution in [0.3, 0.4) is 0 Å². The molecular weight excluding hydrogens is 480 g/mol. The van der Waals surface area contributed by atoms with Crippen LogP contribution >= 0.6 is 24.0 Å². The minimum atomic E-state index is -4.16. The average Bonchev–Trinajstić information content (AvgIpc) is 2.65. The Morgan fingerprint density at radius 3 is 2.36 bits per heavy atom. The van der Waals surface area contributed by atoms with Crippen LogP contribution in [0.2, 0.25) is 0 Å². The van der Waals surface area contributed by atoms with Crippen molar-refractivity contribution in [3.8, 4) is 0 Å². The van der Waals surface area contributed by atoms with E-state index in [0.29, 0.717) is 18.5 Å². The molecule has 0 radical (unpaired) electrons. The standard InChI is InChI=1S/C20H31F3N4.HI/c1-24-19(25-13-12-20(21,22)23)26-14-16-8-6-7-9-17(16)15-27(2)18-10-4-3-5-11-18;/h6-9,18H,3-5,10-15H2,1-2H3,(H2,24,25,26);1H. The van der Waals surface area contributed by atoms with Crippen molar-refractivity contribution in [2.45, 2.75) is 63.8 Å². The zero-order valence-corrected chi connectivity index (χ0v) is 19.0. The maximum absolute atomic E-state index is 12.3. The quantitative estimate of drug-likeness (QED) is 0.317. The molecule has 2 rings (SSSR count). The Labute approximate surface area is 183 Å². The first-order valence-corrected chi connectivity index (χ1v) is 9.67. The van der Waals surface area contributed by atoms with Crippen molar-refractivity contribution in [3.63, 3.8) is 0 Å². The third kappa shape index (κ3) is 8.98. The highest BCUT2D eigenvalue weighted by atomic mass is 127. The molecule has 2 N–H and O–H groups in total. The fourth-order valence-corrected chi connectivity index (χ4v) is 3.53. The van der Waals surface area contributed by atoms with Crippen molar-refractivity contribution < 1.29 is 13.2 Å². The van der Waals surface area contributed by atoms with Crippen LogP contribution in [0.4, 0.5) is 13.2 Å². The van der Waals surface area contributed by atoms with Crippen molar-refractivity contribution in [3.05, 3.63) is 35.4 Å². The largest absolute Gasteiger partial charge is 0.390 e. The molecule has 0 aromatic heterocycles. The van der Waals surface area contributed by atoms with Gasteiger partial charge in [-0.15, -0.1) is 24.0 Å². The minimum Gasteiger partial charge on any atom is -0.356 e. The van der Waals surface area contributed by atoms with Gasteiger partial charge in [0, 0.05) is 32.7 Å². The second-order valence-corrected chi connectivity index (χ2v) is 7.19. The van der Waals surface area contributed by atoms with Gasteiger partial charge in [-0.3, -0.25) is 9.89 Å². The molecule has 1 aliphatic carbocycles. The Hall–Kier alpha value is -1.03. The summed E-state index contributed by atoms with van der Waals surface area (Å²) in [6.45, 7) is 1.22. The summed E-state index contributed by atoms with van der Waals surface area (Å²) in [4.78, 5) is 6.43. The highest BCUT2D eigenvalue weighted by molar-refractivity contribution is 14.0. The fraction of sp³-hybridized carbons (Fsp3) is 0.650. The Kier molecular flexibility index (Phi) is 11.2. The van der Waals surface area contributed by atoms with Crippen molar-refractivity contribution in [2.75, 3.05) is 20.6 Å². The van der Waals surface area contributed by atoms with Crippen LogP contribution in [-0.4, -0.2) is 43.7 Å². The number of halogens is 4. The van der Waals surface area contributed by atoms with Gasteiger partial charge in [0.25, 0.3) is 0 Å². The van der Waals surface area contributed by atoms with Crippen LogP contribution < -0.4 is 10.6 Å². The second-order valence-electron chi connectivity index (χ2n) is 7.19. The summed E-state index contributed by atoms with van der Waals surface area (Å²) in [6.07, 6.45) is 1.42. The molecular formula is C20H32F3IN4. The van der Waals surface area contributed by atoms with Gasteiger partial charge in [0.05, 0.1) is 6.42 Å². The lowest BCUT2D eigenvalue weighted by Gasteiger charge is -2.31. The zero-order valence-electron chi connectivity index (χ0n) is 16.7. The number of alkyl halides is 3. The highest BCUT2D eigenvalue weighted by Gasteiger charge is 2.26. The van der Waals surface area contributed by atoms with E-state index in [1.54, 1.807) is 7.05 Å². The van der Waals surface area contributed by atoms with E-state index in [9.17, 15) is 13.2 Å². The molecule has 1 aliphatic rings. The molecule has 1 saturated carbocycles. The molecule has 0 amide bonds. The molecule has 1 aromatic carbocycles. The van der Waals surface area contributed by atoms with Gasteiger partial charge in [-0.2, -0.15) is 13.2 Å². The number of guanidine groups is 1. The van der Waals surface area contributed by atoms with Gasteiger partial charge in [0.15, 0.2) is 5.96 Å². The van der Waals surface area contributed by atoms with E-state index in [-0.39, 0.29) is 30.5 Å². The van der Waals surface area contributed by atoms with E-state index < -0.39 is 12.6 Å². The number of nitrogens with zero attached hydrogens (tertiary/aromatic N) is 2. The van der Waals surface area contributed by atoms with Crippen LogP contribution in [0.25, 0.3) is 0 Å². The van der Waals surface area contributed by atoms with E-state index in [1.807, 2.05) is 12.1 Å². The van der Waals surface area contributed by atoms with Crippen molar-refractivity contribution >= 4 is 29.9 Å². The molecule has 28 heavy (non-hydrogen) atoms. The van der Waals surface area contributed by atoms with E-state index >= 15 is 0 Å². The van der Waals surface area contributed by atoms with Gasteiger partial charge in [0.2, 0.25) is 0 Å². The number of nitrogens with one attached hydrogen (secondary N) is 2. The SMILES string of the molecule is CN=C(NCCC(F)(F)F)NCc1ccccc1CN(C)C1CCCCC1.I. The summed E-state index contributed by atoms with van der Waals surface area (Å²) in [6, 6.07) is 8.83. The van der Waals surface area contributed by atoms with Crippen molar-refractivity contribution in [2.24, 2.45) is 4.99 Å². The predicted molar refractivity (Wildman–Crippen MR) is 119 cm³/mol. The molecule has 1 aromatic rings. The van der Waals surface area contributed by atoms with Gasteiger partial charge >= 0.3 is 6.18 Å². The van der Waals surface area contributed by atoms with Crippen molar-refractivity contribution in [1.29, 1.82) is 0 Å². The summed E-state index contributed by atoms with van der Waals surface area (Å²) in [5, 5.41) is 5.83. The Balaban J connectivity index is 0.00000392. The van der Waals surface area contributed by atoms with Crippen LogP contribution in [0.5, 0.6) is 0 Å². The molecule has 0 unspecified atom stereocenters. The van der Waals surface area contributed by atoms with Gasteiger partial charge < -0.3 is 10.6 Å². The van der Waals surface area contributed by atoms with E-state index in [4.69, 9.17) is 0 Å². The van der Waals surface area contributed by atoms with E-state index in [1.165, 1.54) is 37.7 Å². The maximum atomic E-state index is 12.3. The number of rotatable bonds is 7. The first kappa shape index (κ1) is 25.0. The molecule has 0 aliphatic heterocycles. The Bertz CT molecular complexity index is 601. The monoisotopic (exact) mass is 512 g/mol. The third-order valence-corrected chi connectivity index (χ3v) is 5.11. The second kappa shape index (κ2) is 12.5. The lowest BCUT2D eigenvalue weighted by Crippen LogP contribution is -2.39. The molecule has 4 nitrogen and oxygen atoms in total. The number of hydrogen-bond acceptors (Lipinski definition) is 2. The molecule has 8 heteroatoms. The first-order valence-electron chi connectivity index (χ1n) is 9.67. The summed E-state index contributed by atoms with van der Waals surface area (Å²) in [5.74, 6) is 0.384. The van der Waals surface area contributed by atoms with Crippen LogP contribution in [-0.2, 0) is 13.1 Å². The number of hydrogen-bond donors (Lipinski definition) is 2. The Morgan fingerprint density at radius 1 is 1.11 bits per heavy atom. The molecule has 0 spiro atoms. The number of aliphatic imine (C=N–C) groups is 1. The van der Waals surface area contributed by atoms with Crippen LogP contribution in [0, 0.1) is 0 Å². The normalized spacial score (nSPS) is 16.0. The topological polar surface area (TPSA) is 39.7 Å². The average molecular weight is 512 g/mol. The predicted octanol–water partition coefficient (Wildman–Crippen LogP) is 4.69. The van der Waals surface area contributed by atoms with Crippen LogP contribution in [0.1, 0.15) is 49.7 Å². The first-order chi connectivity index (χ1) is 12.9. The van der Waals surface area contributed by atoms with Gasteiger partial charge in [-0.1, -0.05) is 43.5 Å². The van der Waals surface area contributed by atoms with Gasteiger partial charge in [0.1, 0.15) is 0 Å². The maximum Gasteiger partial charge on any atom is 0.390 e. The lowest BCUT2D eigenvalue weighted by atomic mass is 9.94. The zero-order chi connectivity index (χ0) is 19.7. The summed E-state index contributed by atoms with van der Waals surface area (Å²) in [7, 11) is 3.74. The minimum absolute atomic E-state index is 0. The molecule has 0 heterocycles. The van der Waals surface area contributed by atoms with Gasteiger partial charge in [-0.25, -0.2) is 0 Å².